The van der Waals surface area contributed by atoms with Gasteiger partial charge >= 0.3 is 0 Å². The third-order valence-electron chi connectivity index (χ3n) is 3.94. The minimum absolute atomic E-state index is 0.712. The van der Waals surface area contributed by atoms with Gasteiger partial charge in [-0.1, -0.05) is 30.7 Å². The van der Waals surface area contributed by atoms with Crippen LogP contribution >= 0.6 is 0 Å². The maximum absolute atomic E-state index is 4.11. The summed E-state index contributed by atoms with van der Waals surface area (Å²) in [6.07, 6.45) is 6.78. The van der Waals surface area contributed by atoms with Crippen molar-refractivity contribution >= 4 is 16.6 Å². The normalized spacial score (nSPS) is 23.4. The predicted octanol–water partition coefficient (Wildman–Crippen LogP) is 3.97. The van der Waals surface area contributed by atoms with E-state index in [1.807, 2.05) is 6.20 Å². The molecule has 0 fully saturated rings. The van der Waals surface area contributed by atoms with Gasteiger partial charge in [-0.25, -0.2) is 0 Å². The molecule has 1 aliphatic carbocycles. The number of anilines is 1. The molecule has 3 nitrogen and oxygen atoms in total. The third-order valence-corrected chi connectivity index (χ3v) is 3.94. The molecule has 0 spiro atoms. The van der Waals surface area contributed by atoms with E-state index < -0.39 is 0 Å². The lowest BCUT2D eigenvalue weighted by Gasteiger charge is -2.26. The number of para-hydroxylation sites is 1. The monoisotopic (exact) mass is 255 g/mol. The number of fused-ring (bicyclic) bond motifs is 1. The molecule has 2 atom stereocenters. The van der Waals surface area contributed by atoms with Crippen LogP contribution in [0, 0.1) is 11.8 Å². The van der Waals surface area contributed by atoms with Gasteiger partial charge in [0.05, 0.1) is 17.4 Å². The van der Waals surface area contributed by atoms with Crippen molar-refractivity contribution in [3.05, 3.63) is 36.0 Å². The van der Waals surface area contributed by atoms with Crippen LogP contribution in [-0.4, -0.2) is 16.7 Å². The average molecular weight is 255 g/mol. The Morgan fingerprint density at radius 1 is 1.42 bits per heavy atom. The second-order valence-corrected chi connectivity index (χ2v) is 5.82. The number of hydrogen-bond acceptors (Lipinski definition) is 2. The van der Waals surface area contributed by atoms with E-state index >= 15 is 0 Å². The fourth-order valence-electron chi connectivity index (χ4n) is 3.21. The summed E-state index contributed by atoms with van der Waals surface area (Å²) in [5, 5.41) is 11.9. The van der Waals surface area contributed by atoms with Gasteiger partial charge in [0.25, 0.3) is 0 Å². The van der Waals surface area contributed by atoms with Gasteiger partial charge in [-0.15, -0.1) is 0 Å². The van der Waals surface area contributed by atoms with Crippen LogP contribution in [-0.2, 0) is 0 Å². The van der Waals surface area contributed by atoms with Crippen molar-refractivity contribution in [2.75, 3.05) is 11.9 Å². The summed E-state index contributed by atoms with van der Waals surface area (Å²) in [6, 6.07) is 6.28. The first kappa shape index (κ1) is 12.3. The van der Waals surface area contributed by atoms with Crippen LogP contribution in [0.4, 0.5) is 5.69 Å². The largest absolute Gasteiger partial charge is 0.383 e. The summed E-state index contributed by atoms with van der Waals surface area (Å²) < 4.78 is 0. The van der Waals surface area contributed by atoms with Crippen molar-refractivity contribution in [3.63, 3.8) is 0 Å². The fraction of sp³-hybridized carbons (Fsp3) is 0.438. The van der Waals surface area contributed by atoms with Gasteiger partial charge in [0.2, 0.25) is 0 Å². The molecule has 0 amide bonds. The maximum atomic E-state index is 4.11. The molecule has 3 heteroatoms. The van der Waals surface area contributed by atoms with E-state index in [9.17, 15) is 0 Å². The van der Waals surface area contributed by atoms with Gasteiger partial charge in [-0.2, -0.15) is 5.10 Å². The van der Waals surface area contributed by atoms with Gasteiger partial charge in [-0.3, -0.25) is 5.10 Å². The molecule has 1 aliphatic rings. The SMILES string of the molecule is CC1=CC(C)CC(CNc2cccc3cn[nH]c23)C1. The second kappa shape index (κ2) is 5.08. The van der Waals surface area contributed by atoms with Crippen molar-refractivity contribution < 1.29 is 0 Å². The van der Waals surface area contributed by atoms with E-state index in [0.29, 0.717) is 5.92 Å². The number of nitrogens with zero attached hydrogens (tertiary/aromatic N) is 1. The van der Waals surface area contributed by atoms with Crippen LogP contribution < -0.4 is 5.32 Å². The molecule has 19 heavy (non-hydrogen) atoms. The highest BCUT2D eigenvalue weighted by molar-refractivity contribution is 5.89. The lowest BCUT2D eigenvalue weighted by molar-refractivity contribution is 0.421. The van der Waals surface area contributed by atoms with Crippen LogP contribution in [0.15, 0.2) is 36.0 Å². The molecule has 100 valence electrons. The number of nitrogens with one attached hydrogen (secondary N) is 2. The molecule has 2 unspecified atom stereocenters. The van der Waals surface area contributed by atoms with E-state index in [2.05, 4.69) is 53.6 Å². The number of aromatic amines is 1. The molecule has 1 aromatic carbocycles. The Kier molecular flexibility index (Phi) is 3.28. The number of rotatable bonds is 3. The molecule has 2 N–H and O–H groups in total. The molecule has 2 aromatic rings. The molecule has 0 saturated heterocycles. The predicted molar refractivity (Wildman–Crippen MR) is 80.2 cm³/mol. The summed E-state index contributed by atoms with van der Waals surface area (Å²) in [4.78, 5) is 0. The molecular weight excluding hydrogens is 234 g/mol. The first-order valence-corrected chi connectivity index (χ1v) is 7.05. The van der Waals surface area contributed by atoms with Crippen LogP contribution in [0.5, 0.6) is 0 Å². The Bertz CT molecular complexity index is 597. The zero-order chi connectivity index (χ0) is 13.2. The molecule has 0 saturated carbocycles. The van der Waals surface area contributed by atoms with Crippen molar-refractivity contribution in [3.8, 4) is 0 Å². The van der Waals surface area contributed by atoms with Crippen LogP contribution in [0.25, 0.3) is 10.9 Å². The molecule has 0 bridgehead atoms. The van der Waals surface area contributed by atoms with Crippen LogP contribution in [0.3, 0.4) is 0 Å². The Labute approximate surface area is 114 Å². The molecule has 3 rings (SSSR count). The lowest BCUT2D eigenvalue weighted by Crippen LogP contribution is -2.20. The van der Waals surface area contributed by atoms with Crippen molar-refractivity contribution in [1.29, 1.82) is 0 Å². The summed E-state index contributed by atoms with van der Waals surface area (Å²) in [5.74, 6) is 1.45. The molecule has 1 heterocycles. The second-order valence-electron chi connectivity index (χ2n) is 5.82. The van der Waals surface area contributed by atoms with Crippen LogP contribution in [0.2, 0.25) is 0 Å². The van der Waals surface area contributed by atoms with E-state index in [4.69, 9.17) is 0 Å². The highest BCUT2D eigenvalue weighted by Gasteiger charge is 2.18. The molecule has 1 aromatic heterocycles. The summed E-state index contributed by atoms with van der Waals surface area (Å²) in [5.41, 5.74) is 3.80. The number of allylic oxidation sites excluding steroid dienone is 2. The minimum Gasteiger partial charge on any atom is -0.383 e. The van der Waals surface area contributed by atoms with Gasteiger partial charge < -0.3 is 5.32 Å². The van der Waals surface area contributed by atoms with Crippen LogP contribution in [0.1, 0.15) is 26.7 Å². The summed E-state index contributed by atoms with van der Waals surface area (Å²) in [6.45, 7) is 5.59. The van der Waals surface area contributed by atoms with Gasteiger partial charge in [0, 0.05) is 11.9 Å². The maximum Gasteiger partial charge on any atom is 0.0881 e. The van der Waals surface area contributed by atoms with E-state index in [0.717, 1.165) is 29.1 Å². The Morgan fingerprint density at radius 2 is 2.32 bits per heavy atom. The van der Waals surface area contributed by atoms with Gasteiger partial charge in [0.15, 0.2) is 0 Å². The lowest BCUT2D eigenvalue weighted by atomic mass is 9.84. The van der Waals surface area contributed by atoms with Crippen molar-refractivity contribution in [1.82, 2.24) is 10.2 Å². The zero-order valence-electron chi connectivity index (χ0n) is 11.6. The van der Waals surface area contributed by atoms with Gasteiger partial charge in [-0.05, 0) is 37.7 Å². The Morgan fingerprint density at radius 3 is 3.16 bits per heavy atom. The minimum atomic E-state index is 0.712. The smallest absolute Gasteiger partial charge is 0.0881 e. The molecule has 0 radical (unpaired) electrons. The number of hydrogen-bond donors (Lipinski definition) is 2. The number of benzene rings is 1. The summed E-state index contributed by atoms with van der Waals surface area (Å²) >= 11 is 0. The van der Waals surface area contributed by atoms with Crippen molar-refractivity contribution in [2.24, 2.45) is 11.8 Å². The first-order chi connectivity index (χ1) is 9.22. The highest BCUT2D eigenvalue weighted by Crippen LogP contribution is 2.29. The van der Waals surface area contributed by atoms with Gasteiger partial charge in [0.1, 0.15) is 0 Å². The third kappa shape index (κ3) is 2.65. The standard InChI is InChI=1S/C16H21N3/c1-11-6-12(2)8-13(7-11)9-17-15-5-3-4-14-10-18-19-16(14)15/h3-6,10-11,13,17H,7-9H2,1-2H3,(H,18,19). The number of H-pyrrole nitrogens is 1. The average Bonchev–Trinajstić information content (AvgIpc) is 2.83. The van der Waals surface area contributed by atoms with Crippen molar-refractivity contribution in [2.45, 2.75) is 26.7 Å². The number of aromatic nitrogens is 2. The first-order valence-electron chi connectivity index (χ1n) is 7.05. The van der Waals surface area contributed by atoms with E-state index in [-0.39, 0.29) is 0 Å². The Hall–Kier alpha value is -1.77. The summed E-state index contributed by atoms with van der Waals surface area (Å²) in [7, 11) is 0. The quantitative estimate of drug-likeness (QED) is 0.815. The Balaban J connectivity index is 1.70. The van der Waals surface area contributed by atoms with E-state index in [1.165, 1.54) is 18.4 Å². The highest BCUT2D eigenvalue weighted by atomic mass is 15.1. The molecular formula is C16H21N3. The van der Waals surface area contributed by atoms with E-state index in [1.54, 1.807) is 0 Å². The topological polar surface area (TPSA) is 40.7 Å². The molecule has 0 aliphatic heterocycles. The zero-order valence-corrected chi connectivity index (χ0v) is 11.6. The fourth-order valence-corrected chi connectivity index (χ4v) is 3.21.